The summed E-state index contributed by atoms with van der Waals surface area (Å²) in [5, 5.41) is 0.715. The van der Waals surface area contributed by atoms with Crippen LogP contribution in [0, 0.1) is 0 Å². The Kier molecular flexibility index (Phi) is 6.88. The van der Waals surface area contributed by atoms with Gasteiger partial charge in [-0.25, -0.2) is 4.98 Å². The molecule has 22 heavy (non-hydrogen) atoms. The quantitative estimate of drug-likeness (QED) is 0.470. The highest BCUT2D eigenvalue weighted by Crippen LogP contribution is 2.10. The lowest BCUT2D eigenvalue weighted by Gasteiger charge is -2.06. The number of para-hydroxylation sites is 1. The van der Waals surface area contributed by atoms with Crippen molar-refractivity contribution in [2.24, 2.45) is 0 Å². The zero-order valence-corrected chi connectivity index (χ0v) is 13.3. The predicted molar refractivity (Wildman–Crippen MR) is 93.1 cm³/mol. The molecule has 0 saturated heterocycles. The zero-order valence-electron chi connectivity index (χ0n) is 13.3. The summed E-state index contributed by atoms with van der Waals surface area (Å²) in [5.41, 5.74) is 0.860. The molecule has 0 N–H and O–H groups in total. The van der Waals surface area contributed by atoms with Gasteiger partial charge in [0.1, 0.15) is 0 Å². The lowest BCUT2D eigenvalue weighted by Crippen LogP contribution is -2.20. The molecule has 2 rings (SSSR count). The molecule has 1 aromatic carbocycles. The van der Waals surface area contributed by atoms with E-state index in [-0.39, 0.29) is 5.56 Å². The van der Waals surface area contributed by atoms with Crippen molar-refractivity contribution >= 4 is 10.9 Å². The molecule has 0 fully saturated rings. The van der Waals surface area contributed by atoms with E-state index in [1.54, 1.807) is 10.9 Å². The lowest BCUT2D eigenvalue weighted by atomic mass is 10.1. The van der Waals surface area contributed by atoms with Crippen LogP contribution in [0.3, 0.4) is 0 Å². The third-order valence-electron chi connectivity index (χ3n) is 4.04. The molecule has 0 unspecified atom stereocenters. The average molecular weight is 298 g/mol. The van der Waals surface area contributed by atoms with E-state index in [2.05, 4.69) is 11.6 Å². The average Bonchev–Trinajstić information content (AvgIpc) is 2.55. The van der Waals surface area contributed by atoms with Gasteiger partial charge in [-0.3, -0.25) is 9.36 Å². The number of fused-ring (bicyclic) bond motifs is 1. The van der Waals surface area contributed by atoms with Gasteiger partial charge in [0.15, 0.2) is 0 Å². The third-order valence-corrected chi connectivity index (χ3v) is 4.04. The Balaban J connectivity index is 1.70. The Bertz CT molecular complexity index is 645. The molecule has 0 aliphatic rings. The van der Waals surface area contributed by atoms with E-state index >= 15 is 0 Å². The SMILES string of the molecule is C=CCCCCCCCCCn1cnc2ccccc2c1=O. The van der Waals surface area contributed by atoms with Crippen molar-refractivity contribution in [3.8, 4) is 0 Å². The van der Waals surface area contributed by atoms with Gasteiger partial charge in [0.25, 0.3) is 5.56 Å². The second kappa shape index (κ2) is 9.19. The molecule has 0 radical (unpaired) electrons. The van der Waals surface area contributed by atoms with Gasteiger partial charge in [-0.1, -0.05) is 50.3 Å². The fourth-order valence-electron chi connectivity index (χ4n) is 2.72. The second-order valence-electron chi connectivity index (χ2n) is 5.81. The van der Waals surface area contributed by atoms with Crippen molar-refractivity contribution in [2.45, 2.75) is 57.9 Å². The van der Waals surface area contributed by atoms with Crippen molar-refractivity contribution in [1.29, 1.82) is 0 Å². The summed E-state index contributed by atoms with van der Waals surface area (Å²) in [5.74, 6) is 0. The summed E-state index contributed by atoms with van der Waals surface area (Å²) < 4.78 is 1.74. The fourth-order valence-corrected chi connectivity index (χ4v) is 2.72. The van der Waals surface area contributed by atoms with Crippen LogP contribution in [-0.2, 0) is 6.54 Å². The number of hydrogen-bond donors (Lipinski definition) is 0. The maximum absolute atomic E-state index is 12.3. The van der Waals surface area contributed by atoms with Gasteiger partial charge in [0.2, 0.25) is 0 Å². The molecular weight excluding hydrogens is 272 g/mol. The Hall–Kier alpha value is -1.90. The first kappa shape index (κ1) is 16.5. The van der Waals surface area contributed by atoms with Gasteiger partial charge in [0.05, 0.1) is 17.2 Å². The second-order valence-corrected chi connectivity index (χ2v) is 5.81. The molecule has 1 heterocycles. The molecule has 2 aromatic rings. The Labute approximate surface area is 132 Å². The number of aryl methyl sites for hydroxylation is 1. The van der Waals surface area contributed by atoms with Gasteiger partial charge in [-0.05, 0) is 31.4 Å². The van der Waals surface area contributed by atoms with Crippen molar-refractivity contribution in [3.05, 3.63) is 53.6 Å². The smallest absolute Gasteiger partial charge is 0.261 e. The minimum Gasteiger partial charge on any atom is -0.299 e. The van der Waals surface area contributed by atoms with E-state index in [4.69, 9.17) is 0 Å². The maximum atomic E-state index is 12.3. The molecule has 0 aliphatic carbocycles. The van der Waals surface area contributed by atoms with Crippen LogP contribution in [0.5, 0.6) is 0 Å². The number of rotatable bonds is 10. The molecule has 0 atom stereocenters. The number of benzene rings is 1. The zero-order chi connectivity index (χ0) is 15.6. The van der Waals surface area contributed by atoms with Crippen LogP contribution in [0.2, 0.25) is 0 Å². The number of nitrogens with zero attached hydrogens (tertiary/aromatic N) is 2. The summed E-state index contributed by atoms with van der Waals surface area (Å²) in [7, 11) is 0. The molecule has 0 saturated carbocycles. The monoisotopic (exact) mass is 298 g/mol. The molecule has 0 spiro atoms. The highest BCUT2D eigenvalue weighted by Gasteiger charge is 2.02. The minimum absolute atomic E-state index is 0.0787. The molecule has 0 amide bonds. The summed E-state index contributed by atoms with van der Waals surface area (Å²) in [4.78, 5) is 16.7. The molecule has 1 aromatic heterocycles. The van der Waals surface area contributed by atoms with Crippen LogP contribution in [0.15, 0.2) is 48.0 Å². The summed E-state index contributed by atoms with van der Waals surface area (Å²) in [6, 6.07) is 7.54. The maximum Gasteiger partial charge on any atom is 0.261 e. The van der Waals surface area contributed by atoms with Crippen LogP contribution < -0.4 is 5.56 Å². The predicted octanol–water partition coefficient (Wildman–Crippen LogP) is 4.70. The van der Waals surface area contributed by atoms with Gasteiger partial charge in [-0.2, -0.15) is 0 Å². The third kappa shape index (κ3) is 4.83. The fraction of sp³-hybridized carbons (Fsp3) is 0.474. The van der Waals surface area contributed by atoms with E-state index in [0.717, 1.165) is 24.9 Å². The van der Waals surface area contributed by atoms with Gasteiger partial charge in [0, 0.05) is 6.54 Å². The van der Waals surface area contributed by atoms with Crippen LogP contribution >= 0.6 is 0 Å². The summed E-state index contributed by atoms with van der Waals surface area (Å²) >= 11 is 0. The normalized spacial score (nSPS) is 10.9. The first-order chi connectivity index (χ1) is 10.8. The molecular formula is C19H26N2O. The van der Waals surface area contributed by atoms with Crippen molar-refractivity contribution in [1.82, 2.24) is 9.55 Å². The molecule has 0 bridgehead atoms. The van der Waals surface area contributed by atoms with E-state index in [0.29, 0.717) is 5.39 Å². The lowest BCUT2D eigenvalue weighted by molar-refractivity contribution is 0.538. The van der Waals surface area contributed by atoms with E-state index in [1.807, 2.05) is 30.3 Å². The van der Waals surface area contributed by atoms with E-state index < -0.39 is 0 Å². The van der Waals surface area contributed by atoms with E-state index in [1.165, 1.54) is 38.5 Å². The van der Waals surface area contributed by atoms with Crippen LogP contribution in [-0.4, -0.2) is 9.55 Å². The standard InChI is InChI=1S/C19H26N2O/c1-2-3-4-5-6-7-8-9-12-15-21-16-20-18-14-11-10-13-17(18)19(21)22/h2,10-11,13-14,16H,1,3-9,12,15H2. The largest absolute Gasteiger partial charge is 0.299 e. The topological polar surface area (TPSA) is 34.9 Å². The summed E-state index contributed by atoms with van der Waals surface area (Å²) in [6.07, 6.45) is 13.5. The summed E-state index contributed by atoms with van der Waals surface area (Å²) in [6.45, 7) is 4.51. The number of hydrogen-bond acceptors (Lipinski definition) is 2. The van der Waals surface area contributed by atoms with Gasteiger partial charge >= 0.3 is 0 Å². The molecule has 118 valence electrons. The Morgan fingerprint density at radius 2 is 1.68 bits per heavy atom. The highest BCUT2D eigenvalue weighted by atomic mass is 16.1. The van der Waals surface area contributed by atoms with Crippen LogP contribution in [0.1, 0.15) is 51.4 Å². The van der Waals surface area contributed by atoms with Crippen molar-refractivity contribution in [2.75, 3.05) is 0 Å². The van der Waals surface area contributed by atoms with Crippen molar-refractivity contribution < 1.29 is 0 Å². The molecule has 3 nitrogen and oxygen atoms in total. The number of aromatic nitrogens is 2. The van der Waals surface area contributed by atoms with Crippen LogP contribution in [0.25, 0.3) is 10.9 Å². The number of allylic oxidation sites excluding steroid dienone is 1. The molecule has 0 aliphatic heterocycles. The molecule has 3 heteroatoms. The van der Waals surface area contributed by atoms with Gasteiger partial charge in [-0.15, -0.1) is 6.58 Å². The van der Waals surface area contributed by atoms with Gasteiger partial charge < -0.3 is 0 Å². The first-order valence-corrected chi connectivity index (χ1v) is 8.38. The highest BCUT2D eigenvalue weighted by molar-refractivity contribution is 5.76. The van der Waals surface area contributed by atoms with Crippen LogP contribution in [0.4, 0.5) is 0 Å². The van der Waals surface area contributed by atoms with E-state index in [9.17, 15) is 4.79 Å². The number of unbranched alkanes of at least 4 members (excludes halogenated alkanes) is 7. The first-order valence-electron chi connectivity index (χ1n) is 8.38. The Morgan fingerprint density at radius 1 is 1.00 bits per heavy atom. The van der Waals surface area contributed by atoms with Crippen molar-refractivity contribution in [3.63, 3.8) is 0 Å². The minimum atomic E-state index is 0.0787. The Morgan fingerprint density at radius 3 is 2.45 bits per heavy atom.